The molecule has 0 aliphatic heterocycles. The lowest BCUT2D eigenvalue weighted by atomic mass is 10.1. The zero-order chi connectivity index (χ0) is 20.2. The summed E-state index contributed by atoms with van der Waals surface area (Å²) >= 11 is 0. The third-order valence-electron chi connectivity index (χ3n) is 3.53. The Morgan fingerprint density at radius 1 is 1.26 bits per heavy atom. The molecule has 1 aromatic heterocycles. The molecule has 2 rings (SSSR count). The molecule has 2 aromatic rings. The van der Waals surface area contributed by atoms with Gasteiger partial charge in [0.1, 0.15) is 12.3 Å². The Morgan fingerprint density at radius 2 is 1.89 bits per heavy atom. The standard InChI is InChI=1S/C16H18F3N5O3/c1-10(11-4-6-12(7-5-11)27-16(17,18)19)20-15(26)13-8-24(22-21-13)9-14(25)23(2)3/h4-8,10H,9H2,1-3H3,(H,20,26). The second-order valence-corrected chi connectivity index (χ2v) is 5.90. The van der Waals surface area contributed by atoms with Crippen LogP contribution < -0.4 is 10.1 Å². The van der Waals surface area contributed by atoms with Gasteiger partial charge in [-0.05, 0) is 24.6 Å². The lowest BCUT2D eigenvalue weighted by Crippen LogP contribution is -2.27. The predicted octanol–water partition coefficient (Wildman–Crippen LogP) is 1.76. The summed E-state index contributed by atoms with van der Waals surface area (Å²) in [6.07, 6.45) is -3.43. The van der Waals surface area contributed by atoms with Gasteiger partial charge in [-0.3, -0.25) is 9.59 Å². The van der Waals surface area contributed by atoms with Crippen LogP contribution in [0.2, 0.25) is 0 Å². The van der Waals surface area contributed by atoms with E-state index in [4.69, 9.17) is 0 Å². The van der Waals surface area contributed by atoms with Crippen molar-refractivity contribution in [1.82, 2.24) is 25.2 Å². The number of rotatable bonds is 6. The highest BCUT2D eigenvalue weighted by Crippen LogP contribution is 2.24. The highest BCUT2D eigenvalue weighted by Gasteiger charge is 2.31. The Kier molecular flexibility index (Phi) is 6.03. The SMILES string of the molecule is CC(NC(=O)c1cn(CC(=O)N(C)C)nn1)c1ccc(OC(F)(F)F)cc1. The number of nitrogens with zero attached hydrogens (tertiary/aromatic N) is 4. The summed E-state index contributed by atoms with van der Waals surface area (Å²) in [6.45, 7) is 1.61. The first-order valence-electron chi connectivity index (χ1n) is 7.82. The topological polar surface area (TPSA) is 89.4 Å². The Labute approximate surface area is 152 Å². The average molecular weight is 385 g/mol. The molecule has 1 N–H and O–H groups in total. The van der Waals surface area contributed by atoms with E-state index < -0.39 is 18.3 Å². The summed E-state index contributed by atoms with van der Waals surface area (Å²) in [5, 5.41) is 10.1. The van der Waals surface area contributed by atoms with Crippen molar-refractivity contribution in [3.8, 4) is 5.75 Å². The third kappa shape index (κ3) is 5.97. The van der Waals surface area contributed by atoms with E-state index in [9.17, 15) is 22.8 Å². The van der Waals surface area contributed by atoms with Crippen molar-refractivity contribution in [1.29, 1.82) is 0 Å². The molecule has 0 aliphatic carbocycles. The first-order chi connectivity index (χ1) is 12.5. The number of ether oxygens (including phenoxy) is 1. The van der Waals surface area contributed by atoms with Crippen molar-refractivity contribution < 1.29 is 27.5 Å². The lowest BCUT2D eigenvalue weighted by Gasteiger charge is -2.14. The fraction of sp³-hybridized carbons (Fsp3) is 0.375. The van der Waals surface area contributed by atoms with Crippen molar-refractivity contribution in [3.05, 3.63) is 41.7 Å². The molecule has 0 saturated heterocycles. The quantitative estimate of drug-likeness (QED) is 0.819. The molecule has 146 valence electrons. The molecule has 2 amide bonds. The van der Waals surface area contributed by atoms with Crippen molar-refractivity contribution in [2.45, 2.75) is 25.9 Å². The molecule has 0 bridgehead atoms. The molecule has 1 heterocycles. The molecule has 8 nitrogen and oxygen atoms in total. The van der Waals surface area contributed by atoms with E-state index in [1.165, 1.54) is 27.9 Å². The molecular weight excluding hydrogens is 367 g/mol. The van der Waals surface area contributed by atoms with Gasteiger partial charge in [0.15, 0.2) is 5.69 Å². The second-order valence-electron chi connectivity index (χ2n) is 5.90. The summed E-state index contributed by atoms with van der Waals surface area (Å²) in [5.74, 6) is -1.08. The number of amides is 2. The number of halogens is 3. The summed E-state index contributed by atoms with van der Waals surface area (Å²) in [6, 6.07) is 4.66. The van der Waals surface area contributed by atoms with E-state index in [-0.39, 0.29) is 23.9 Å². The predicted molar refractivity (Wildman–Crippen MR) is 87.7 cm³/mol. The molecular formula is C16H18F3N5O3. The highest BCUT2D eigenvalue weighted by molar-refractivity contribution is 5.92. The van der Waals surface area contributed by atoms with Gasteiger partial charge >= 0.3 is 6.36 Å². The van der Waals surface area contributed by atoms with Crippen LogP contribution >= 0.6 is 0 Å². The fourth-order valence-electron chi connectivity index (χ4n) is 2.07. The zero-order valence-electron chi connectivity index (χ0n) is 14.8. The maximum absolute atomic E-state index is 12.2. The van der Waals surface area contributed by atoms with Crippen molar-refractivity contribution >= 4 is 11.8 Å². The first-order valence-corrected chi connectivity index (χ1v) is 7.82. The van der Waals surface area contributed by atoms with Gasteiger partial charge in [0.05, 0.1) is 12.2 Å². The van der Waals surface area contributed by atoms with Gasteiger partial charge in [-0.1, -0.05) is 17.3 Å². The molecule has 11 heteroatoms. The first kappa shape index (κ1) is 20.2. The van der Waals surface area contributed by atoms with Crippen LogP contribution in [0.15, 0.2) is 30.5 Å². The number of carbonyl (C=O) groups is 2. The lowest BCUT2D eigenvalue weighted by molar-refractivity contribution is -0.274. The number of hydrogen-bond acceptors (Lipinski definition) is 5. The number of nitrogens with one attached hydrogen (secondary N) is 1. The van der Waals surface area contributed by atoms with Crippen LogP contribution in [-0.4, -0.2) is 52.2 Å². The van der Waals surface area contributed by atoms with Crippen molar-refractivity contribution in [2.75, 3.05) is 14.1 Å². The Balaban J connectivity index is 1.97. The van der Waals surface area contributed by atoms with Gasteiger partial charge < -0.3 is 15.0 Å². The van der Waals surface area contributed by atoms with Crippen LogP contribution in [0.1, 0.15) is 29.0 Å². The molecule has 1 unspecified atom stereocenters. The molecule has 1 atom stereocenters. The Hall–Kier alpha value is -3.11. The van der Waals surface area contributed by atoms with Crippen LogP contribution in [0.4, 0.5) is 13.2 Å². The van der Waals surface area contributed by atoms with Gasteiger partial charge in [0.2, 0.25) is 5.91 Å². The molecule has 0 spiro atoms. The van der Waals surface area contributed by atoms with E-state index in [1.807, 2.05) is 0 Å². The molecule has 27 heavy (non-hydrogen) atoms. The molecule has 0 saturated carbocycles. The van der Waals surface area contributed by atoms with Crippen LogP contribution in [-0.2, 0) is 11.3 Å². The summed E-state index contributed by atoms with van der Waals surface area (Å²) < 4.78 is 41.5. The smallest absolute Gasteiger partial charge is 0.406 e. The number of benzene rings is 1. The van der Waals surface area contributed by atoms with Gasteiger partial charge in [-0.15, -0.1) is 18.3 Å². The number of aromatic nitrogens is 3. The largest absolute Gasteiger partial charge is 0.573 e. The van der Waals surface area contributed by atoms with Gasteiger partial charge in [-0.2, -0.15) is 0 Å². The molecule has 0 fully saturated rings. The minimum Gasteiger partial charge on any atom is -0.406 e. The highest BCUT2D eigenvalue weighted by atomic mass is 19.4. The third-order valence-corrected chi connectivity index (χ3v) is 3.53. The van der Waals surface area contributed by atoms with Crippen LogP contribution in [0, 0.1) is 0 Å². The van der Waals surface area contributed by atoms with Crippen LogP contribution in [0.5, 0.6) is 5.75 Å². The van der Waals surface area contributed by atoms with Gasteiger partial charge in [-0.25, -0.2) is 4.68 Å². The molecule has 0 aliphatic rings. The summed E-state index contributed by atoms with van der Waals surface area (Å²) in [4.78, 5) is 25.2. The molecule has 0 radical (unpaired) electrons. The van der Waals surface area contributed by atoms with Crippen LogP contribution in [0.25, 0.3) is 0 Å². The number of carbonyl (C=O) groups excluding carboxylic acids is 2. The minimum absolute atomic E-state index is 0.0189. The molecule has 1 aromatic carbocycles. The fourth-order valence-corrected chi connectivity index (χ4v) is 2.07. The van der Waals surface area contributed by atoms with E-state index >= 15 is 0 Å². The maximum atomic E-state index is 12.2. The van der Waals surface area contributed by atoms with E-state index in [1.54, 1.807) is 21.0 Å². The maximum Gasteiger partial charge on any atom is 0.573 e. The summed E-state index contributed by atoms with van der Waals surface area (Å²) in [7, 11) is 3.19. The summed E-state index contributed by atoms with van der Waals surface area (Å²) in [5.41, 5.74) is 0.596. The Bertz CT molecular complexity index is 802. The van der Waals surface area contributed by atoms with Crippen molar-refractivity contribution in [3.63, 3.8) is 0 Å². The number of hydrogen-bond donors (Lipinski definition) is 1. The van der Waals surface area contributed by atoms with Crippen molar-refractivity contribution in [2.24, 2.45) is 0 Å². The number of likely N-dealkylation sites (N-methyl/N-ethyl adjacent to an activating group) is 1. The minimum atomic E-state index is -4.76. The monoisotopic (exact) mass is 385 g/mol. The van der Waals surface area contributed by atoms with E-state index in [0.29, 0.717) is 5.56 Å². The Morgan fingerprint density at radius 3 is 2.44 bits per heavy atom. The number of alkyl halides is 3. The zero-order valence-corrected chi connectivity index (χ0v) is 14.8. The average Bonchev–Trinajstić information content (AvgIpc) is 3.02. The van der Waals surface area contributed by atoms with Crippen LogP contribution in [0.3, 0.4) is 0 Å². The van der Waals surface area contributed by atoms with E-state index in [0.717, 1.165) is 12.1 Å². The second kappa shape index (κ2) is 8.06. The van der Waals surface area contributed by atoms with Gasteiger partial charge in [0, 0.05) is 14.1 Å². The van der Waals surface area contributed by atoms with Gasteiger partial charge in [0.25, 0.3) is 5.91 Å². The normalized spacial score (nSPS) is 12.4. The van der Waals surface area contributed by atoms with E-state index in [2.05, 4.69) is 20.4 Å².